The molecule has 2 saturated carbocycles. The number of nitrogens with zero attached hydrogens (tertiary/aromatic N) is 1. The molecule has 1 N–H and O–H groups in total. The molecule has 1 aliphatic heterocycles. The van der Waals surface area contributed by atoms with Crippen molar-refractivity contribution in [1.29, 1.82) is 0 Å². The third kappa shape index (κ3) is 3.01. The smallest absolute Gasteiger partial charge is 0.0556 e. The molecule has 17 heavy (non-hydrogen) atoms. The third-order valence-electron chi connectivity index (χ3n) is 4.53. The molecule has 3 aliphatic rings. The van der Waals surface area contributed by atoms with Crippen LogP contribution in [0.2, 0.25) is 0 Å². The van der Waals surface area contributed by atoms with Gasteiger partial charge in [-0.05, 0) is 44.4 Å². The predicted molar refractivity (Wildman–Crippen MR) is 66.9 cm³/mol. The van der Waals surface area contributed by atoms with Crippen molar-refractivity contribution in [2.24, 2.45) is 11.3 Å². The molecule has 2 aliphatic carbocycles. The monoisotopic (exact) mass is 239 g/mol. The highest BCUT2D eigenvalue weighted by Crippen LogP contribution is 2.38. The van der Waals surface area contributed by atoms with Crippen LogP contribution in [0.4, 0.5) is 0 Å². The summed E-state index contributed by atoms with van der Waals surface area (Å²) in [4.78, 5) is 2.66. The molecule has 1 heterocycles. The van der Waals surface area contributed by atoms with Gasteiger partial charge in [0.05, 0.1) is 13.2 Å². The van der Waals surface area contributed by atoms with E-state index in [1.807, 2.05) is 0 Å². The Bertz CT molecular complexity index is 255. The van der Waals surface area contributed by atoms with E-state index in [0.29, 0.717) is 6.61 Å². The average Bonchev–Trinajstić information content (AvgIpc) is 3.22. The van der Waals surface area contributed by atoms with E-state index in [2.05, 4.69) is 4.90 Å². The maximum absolute atomic E-state index is 9.74. The Morgan fingerprint density at radius 1 is 1.24 bits per heavy atom. The van der Waals surface area contributed by atoms with Crippen molar-refractivity contribution in [3.05, 3.63) is 0 Å². The van der Waals surface area contributed by atoms with Crippen LogP contribution < -0.4 is 0 Å². The van der Waals surface area contributed by atoms with Crippen LogP contribution >= 0.6 is 0 Å². The normalized spacial score (nSPS) is 34.2. The van der Waals surface area contributed by atoms with E-state index in [4.69, 9.17) is 4.74 Å². The van der Waals surface area contributed by atoms with Gasteiger partial charge in [-0.15, -0.1) is 0 Å². The molecule has 0 aromatic carbocycles. The van der Waals surface area contributed by atoms with Crippen molar-refractivity contribution in [3.8, 4) is 0 Å². The minimum absolute atomic E-state index is 0.0374. The largest absolute Gasteiger partial charge is 0.396 e. The van der Waals surface area contributed by atoms with Crippen LogP contribution in [-0.2, 0) is 4.74 Å². The Balaban J connectivity index is 1.60. The molecular formula is C14H25NO2. The SMILES string of the molecule is OCC1(CN(CC2CC2)C2CC2)CCCOC1. The number of aliphatic hydroxyl groups is 1. The fraction of sp³-hybridized carbons (Fsp3) is 1.00. The van der Waals surface area contributed by atoms with Crippen LogP contribution in [0.5, 0.6) is 0 Å². The van der Waals surface area contributed by atoms with Crippen LogP contribution in [0.3, 0.4) is 0 Å². The number of ether oxygens (including phenoxy) is 1. The molecule has 1 unspecified atom stereocenters. The van der Waals surface area contributed by atoms with Crippen molar-refractivity contribution >= 4 is 0 Å². The van der Waals surface area contributed by atoms with Crippen molar-refractivity contribution in [2.45, 2.75) is 44.6 Å². The Labute approximate surface area is 104 Å². The summed E-state index contributed by atoms with van der Waals surface area (Å²) in [6, 6.07) is 0.820. The fourth-order valence-corrected chi connectivity index (χ4v) is 3.05. The first-order valence-corrected chi connectivity index (χ1v) is 7.24. The van der Waals surface area contributed by atoms with E-state index in [9.17, 15) is 5.11 Å². The summed E-state index contributed by atoms with van der Waals surface area (Å²) in [7, 11) is 0. The first kappa shape index (κ1) is 11.9. The number of aliphatic hydroxyl groups excluding tert-OH is 1. The van der Waals surface area contributed by atoms with Gasteiger partial charge in [0, 0.05) is 31.2 Å². The highest BCUT2D eigenvalue weighted by atomic mass is 16.5. The molecule has 0 bridgehead atoms. The highest BCUT2D eigenvalue weighted by molar-refractivity contribution is 4.93. The van der Waals surface area contributed by atoms with E-state index in [1.54, 1.807) is 0 Å². The zero-order valence-electron chi connectivity index (χ0n) is 10.7. The molecule has 1 saturated heterocycles. The van der Waals surface area contributed by atoms with Gasteiger partial charge in [-0.2, -0.15) is 0 Å². The summed E-state index contributed by atoms with van der Waals surface area (Å²) in [5.74, 6) is 0.954. The van der Waals surface area contributed by atoms with Crippen LogP contribution in [0.25, 0.3) is 0 Å². The van der Waals surface area contributed by atoms with Gasteiger partial charge in [-0.1, -0.05) is 0 Å². The zero-order valence-corrected chi connectivity index (χ0v) is 10.7. The lowest BCUT2D eigenvalue weighted by Crippen LogP contribution is -2.47. The molecule has 0 aromatic rings. The molecule has 3 heteroatoms. The molecule has 98 valence electrons. The summed E-state index contributed by atoms with van der Waals surface area (Å²) < 4.78 is 5.61. The second-order valence-corrected chi connectivity index (χ2v) is 6.42. The molecule has 0 radical (unpaired) electrons. The van der Waals surface area contributed by atoms with Gasteiger partial charge >= 0.3 is 0 Å². The van der Waals surface area contributed by atoms with Gasteiger partial charge in [-0.25, -0.2) is 0 Å². The first-order chi connectivity index (χ1) is 8.31. The van der Waals surface area contributed by atoms with E-state index < -0.39 is 0 Å². The lowest BCUT2D eigenvalue weighted by atomic mass is 9.82. The van der Waals surface area contributed by atoms with Gasteiger partial charge in [0.25, 0.3) is 0 Å². The van der Waals surface area contributed by atoms with E-state index in [1.165, 1.54) is 32.2 Å². The summed E-state index contributed by atoms with van der Waals surface area (Å²) >= 11 is 0. The van der Waals surface area contributed by atoms with Crippen molar-refractivity contribution < 1.29 is 9.84 Å². The maximum Gasteiger partial charge on any atom is 0.0556 e. The number of rotatable bonds is 6. The fourth-order valence-electron chi connectivity index (χ4n) is 3.05. The standard InChI is InChI=1S/C14H25NO2/c16-10-14(6-1-7-17-11-14)9-15(13-4-5-13)8-12-2-3-12/h12-13,16H,1-11H2. The Kier molecular flexibility index (Phi) is 3.42. The van der Waals surface area contributed by atoms with Crippen LogP contribution in [0.15, 0.2) is 0 Å². The van der Waals surface area contributed by atoms with Gasteiger partial charge < -0.3 is 9.84 Å². The molecule has 0 amide bonds. The van der Waals surface area contributed by atoms with E-state index >= 15 is 0 Å². The molecule has 3 rings (SSSR count). The summed E-state index contributed by atoms with van der Waals surface area (Å²) in [6.45, 7) is 4.27. The first-order valence-electron chi connectivity index (χ1n) is 7.24. The second-order valence-electron chi connectivity index (χ2n) is 6.42. The summed E-state index contributed by atoms with van der Waals surface area (Å²) in [6.07, 6.45) is 7.84. The van der Waals surface area contributed by atoms with Crippen LogP contribution in [-0.4, -0.2) is 49.0 Å². The van der Waals surface area contributed by atoms with Gasteiger partial charge in [0.2, 0.25) is 0 Å². The van der Waals surface area contributed by atoms with Gasteiger partial charge in [0.1, 0.15) is 0 Å². The van der Waals surface area contributed by atoms with Crippen molar-refractivity contribution in [1.82, 2.24) is 4.90 Å². The lowest BCUT2D eigenvalue weighted by molar-refractivity contribution is -0.0570. The van der Waals surface area contributed by atoms with Gasteiger partial charge in [-0.3, -0.25) is 4.90 Å². The van der Waals surface area contributed by atoms with E-state index in [-0.39, 0.29) is 5.41 Å². The highest BCUT2D eigenvalue weighted by Gasteiger charge is 2.40. The minimum atomic E-state index is 0.0374. The lowest BCUT2D eigenvalue weighted by Gasteiger charge is -2.39. The number of hydrogen-bond acceptors (Lipinski definition) is 3. The third-order valence-corrected chi connectivity index (χ3v) is 4.53. The summed E-state index contributed by atoms with van der Waals surface area (Å²) in [5.41, 5.74) is 0.0374. The van der Waals surface area contributed by atoms with Crippen LogP contribution in [0.1, 0.15) is 38.5 Å². The number of hydrogen-bond donors (Lipinski definition) is 1. The van der Waals surface area contributed by atoms with Crippen molar-refractivity contribution in [2.75, 3.05) is 32.9 Å². The van der Waals surface area contributed by atoms with Gasteiger partial charge in [0.15, 0.2) is 0 Å². The second kappa shape index (κ2) is 4.87. The molecule has 0 aromatic heterocycles. The molecular weight excluding hydrogens is 214 g/mol. The van der Waals surface area contributed by atoms with Crippen LogP contribution in [0, 0.1) is 11.3 Å². The Morgan fingerprint density at radius 2 is 2.06 bits per heavy atom. The summed E-state index contributed by atoms with van der Waals surface area (Å²) in [5, 5.41) is 9.74. The zero-order chi connectivity index (χ0) is 11.7. The topological polar surface area (TPSA) is 32.7 Å². The minimum Gasteiger partial charge on any atom is -0.396 e. The molecule has 3 fully saturated rings. The van der Waals surface area contributed by atoms with Crippen molar-refractivity contribution in [3.63, 3.8) is 0 Å². The average molecular weight is 239 g/mol. The predicted octanol–water partition coefficient (Wildman–Crippen LogP) is 1.65. The maximum atomic E-state index is 9.74. The Hall–Kier alpha value is -0.120. The molecule has 1 atom stereocenters. The Morgan fingerprint density at radius 3 is 2.59 bits per heavy atom. The molecule has 0 spiro atoms. The quantitative estimate of drug-likeness (QED) is 0.765. The molecule has 3 nitrogen and oxygen atoms in total. The van der Waals surface area contributed by atoms with E-state index in [0.717, 1.165) is 44.6 Å².